The van der Waals surface area contributed by atoms with E-state index in [1.54, 1.807) is 0 Å². The van der Waals surface area contributed by atoms with E-state index in [0.717, 1.165) is 25.6 Å². The molecule has 80 valence electrons. The molecular formula is C10H24N2S. The molecule has 1 N–H and O–H groups in total. The van der Waals surface area contributed by atoms with E-state index in [0.29, 0.717) is 0 Å². The standard InChI is InChI=1S/C10H24N2S/c1-10(2)9-11-5-6-12(3)7-8-13-4/h10-11H,5-9H2,1-4H3. The fourth-order valence-electron chi connectivity index (χ4n) is 1.02. The largest absolute Gasteiger partial charge is 0.315 e. The maximum absolute atomic E-state index is 3.44. The highest BCUT2D eigenvalue weighted by Crippen LogP contribution is 1.92. The molecule has 2 nitrogen and oxygen atoms in total. The second-order valence-corrected chi connectivity index (χ2v) is 4.88. The number of hydrogen-bond acceptors (Lipinski definition) is 3. The molecule has 0 aliphatic heterocycles. The number of hydrogen-bond donors (Lipinski definition) is 1. The van der Waals surface area contributed by atoms with Gasteiger partial charge in [0.15, 0.2) is 0 Å². The lowest BCUT2D eigenvalue weighted by molar-refractivity contribution is 0.348. The van der Waals surface area contributed by atoms with Gasteiger partial charge in [-0.05, 0) is 25.8 Å². The summed E-state index contributed by atoms with van der Waals surface area (Å²) in [6.45, 7) is 9.09. The van der Waals surface area contributed by atoms with Crippen molar-refractivity contribution >= 4 is 11.8 Å². The summed E-state index contributed by atoms with van der Waals surface area (Å²) in [5.74, 6) is 2.00. The highest BCUT2D eigenvalue weighted by molar-refractivity contribution is 7.98. The molecule has 0 aromatic carbocycles. The van der Waals surface area contributed by atoms with Crippen LogP contribution in [0, 0.1) is 5.92 Å². The Bertz CT molecular complexity index is 107. The number of thioether (sulfide) groups is 1. The Morgan fingerprint density at radius 1 is 1.31 bits per heavy atom. The predicted molar refractivity (Wildman–Crippen MR) is 63.6 cm³/mol. The van der Waals surface area contributed by atoms with Crippen molar-refractivity contribution in [1.82, 2.24) is 10.2 Å². The summed E-state index contributed by atoms with van der Waals surface area (Å²) in [5.41, 5.74) is 0. The normalized spacial score (nSPS) is 11.5. The molecule has 0 amide bonds. The van der Waals surface area contributed by atoms with E-state index in [-0.39, 0.29) is 0 Å². The van der Waals surface area contributed by atoms with E-state index < -0.39 is 0 Å². The number of likely N-dealkylation sites (N-methyl/N-ethyl adjacent to an activating group) is 1. The third-order valence-electron chi connectivity index (χ3n) is 1.90. The molecule has 13 heavy (non-hydrogen) atoms. The molecule has 0 aromatic heterocycles. The van der Waals surface area contributed by atoms with E-state index in [2.05, 4.69) is 37.4 Å². The van der Waals surface area contributed by atoms with E-state index in [1.165, 1.54) is 12.3 Å². The van der Waals surface area contributed by atoms with Gasteiger partial charge in [0.1, 0.15) is 0 Å². The first-order valence-corrected chi connectivity index (χ1v) is 6.44. The molecule has 0 unspecified atom stereocenters. The third kappa shape index (κ3) is 10.2. The van der Waals surface area contributed by atoms with Crippen LogP contribution in [-0.4, -0.2) is 50.1 Å². The first kappa shape index (κ1) is 13.3. The minimum Gasteiger partial charge on any atom is -0.315 e. The molecule has 3 heteroatoms. The lowest BCUT2D eigenvalue weighted by atomic mass is 10.2. The summed E-state index contributed by atoms with van der Waals surface area (Å²) in [7, 11) is 2.19. The molecule has 0 fully saturated rings. The molecule has 0 atom stereocenters. The average Bonchev–Trinajstić information content (AvgIpc) is 2.08. The van der Waals surface area contributed by atoms with Gasteiger partial charge in [0.05, 0.1) is 0 Å². The van der Waals surface area contributed by atoms with Crippen molar-refractivity contribution in [2.45, 2.75) is 13.8 Å². The summed E-state index contributed by atoms with van der Waals surface area (Å²) >= 11 is 1.91. The zero-order valence-corrected chi connectivity index (χ0v) is 10.3. The summed E-state index contributed by atoms with van der Waals surface area (Å²) < 4.78 is 0. The molecule has 0 bridgehead atoms. The lowest BCUT2D eigenvalue weighted by Crippen LogP contribution is -2.32. The van der Waals surface area contributed by atoms with Gasteiger partial charge in [0.2, 0.25) is 0 Å². The Labute approximate surface area is 87.5 Å². The fraction of sp³-hybridized carbons (Fsp3) is 1.00. The summed E-state index contributed by atoms with van der Waals surface area (Å²) in [5, 5.41) is 3.44. The zero-order valence-electron chi connectivity index (χ0n) is 9.47. The van der Waals surface area contributed by atoms with Gasteiger partial charge >= 0.3 is 0 Å². The molecule has 0 rings (SSSR count). The van der Waals surface area contributed by atoms with Crippen LogP contribution >= 0.6 is 11.8 Å². The molecule has 0 radical (unpaired) electrons. The monoisotopic (exact) mass is 204 g/mol. The highest BCUT2D eigenvalue weighted by Gasteiger charge is 1.97. The number of rotatable bonds is 8. The summed E-state index contributed by atoms with van der Waals surface area (Å²) in [6.07, 6.45) is 2.16. The Hall–Kier alpha value is 0.270. The third-order valence-corrected chi connectivity index (χ3v) is 2.49. The Kier molecular flexibility index (Phi) is 9.03. The van der Waals surface area contributed by atoms with Crippen LogP contribution in [0.3, 0.4) is 0 Å². The van der Waals surface area contributed by atoms with Crippen molar-refractivity contribution in [2.24, 2.45) is 5.92 Å². The van der Waals surface area contributed by atoms with E-state index in [9.17, 15) is 0 Å². The van der Waals surface area contributed by atoms with Gasteiger partial charge in [0.25, 0.3) is 0 Å². The van der Waals surface area contributed by atoms with Crippen LogP contribution in [0.2, 0.25) is 0 Å². The second kappa shape index (κ2) is 8.85. The maximum atomic E-state index is 3.44. The van der Waals surface area contributed by atoms with Gasteiger partial charge in [-0.2, -0.15) is 11.8 Å². The Morgan fingerprint density at radius 2 is 2.00 bits per heavy atom. The van der Waals surface area contributed by atoms with Crippen molar-refractivity contribution in [3.05, 3.63) is 0 Å². The molecule has 0 spiro atoms. The van der Waals surface area contributed by atoms with Crippen LogP contribution in [0.5, 0.6) is 0 Å². The summed E-state index contributed by atoms with van der Waals surface area (Å²) in [4.78, 5) is 2.38. The first-order chi connectivity index (χ1) is 6.16. The molecule has 0 aliphatic rings. The van der Waals surface area contributed by atoms with Crippen LogP contribution in [0.25, 0.3) is 0 Å². The van der Waals surface area contributed by atoms with Gasteiger partial charge < -0.3 is 10.2 Å². The highest BCUT2D eigenvalue weighted by atomic mass is 32.2. The molecule has 0 aliphatic carbocycles. The van der Waals surface area contributed by atoms with Crippen molar-refractivity contribution in [3.63, 3.8) is 0 Å². The second-order valence-electron chi connectivity index (χ2n) is 3.89. The van der Waals surface area contributed by atoms with Crippen molar-refractivity contribution < 1.29 is 0 Å². The van der Waals surface area contributed by atoms with Crippen LogP contribution in [0.15, 0.2) is 0 Å². The lowest BCUT2D eigenvalue weighted by Gasteiger charge is -2.16. The van der Waals surface area contributed by atoms with Crippen molar-refractivity contribution in [1.29, 1.82) is 0 Å². The van der Waals surface area contributed by atoms with Crippen LogP contribution in [0.1, 0.15) is 13.8 Å². The predicted octanol–water partition coefficient (Wildman–Crippen LogP) is 1.53. The van der Waals surface area contributed by atoms with E-state index in [1.807, 2.05) is 11.8 Å². The number of nitrogens with zero attached hydrogens (tertiary/aromatic N) is 1. The van der Waals surface area contributed by atoms with Gasteiger partial charge in [-0.3, -0.25) is 0 Å². The Balaban J connectivity index is 3.12. The molecule has 0 heterocycles. The average molecular weight is 204 g/mol. The molecule has 0 aromatic rings. The van der Waals surface area contributed by atoms with Gasteiger partial charge in [-0.1, -0.05) is 13.8 Å². The van der Waals surface area contributed by atoms with Gasteiger partial charge in [-0.15, -0.1) is 0 Å². The fourth-order valence-corrected chi connectivity index (χ4v) is 1.51. The smallest absolute Gasteiger partial charge is 0.0104 e. The minimum atomic E-state index is 0.761. The Morgan fingerprint density at radius 3 is 2.54 bits per heavy atom. The van der Waals surface area contributed by atoms with Gasteiger partial charge in [-0.25, -0.2) is 0 Å². The minimum absolute atomic E-state index is 0.761. The van der Waals surface area contributed by atoms with E-state index >= 15 is 0 Å². The molecule has 0 saturated heterocycles. The maximum Gasteiger partial charge on any atom is 0.0104 e. The number of nitrogens with one attached hydrogen (secondary N) is 1. The molecular weight excluding hydrogens is 180 g/mol. The van der Waals surface area contributed by atoms with Gasteiger partial charge in [0, 0.05) is 25.4 Å². The van der Waals surface area contributed by atoms with E-state index in [4.69, 9.17) is 0 Å². The first-order valence-electron chi connectivity index (χ1n) is 5.05. The quantitative estimate of drug-likeness (QED) is 0.604. The zero-order chi connectivity index (χ0) is 10.1. The summed E-state index contributed by atoms with van der Waals surface area (Å²) in [6, 6.07) is 0. The SMILES string of the molecule is CSCCN(C)CCNCC(C)C. The van der Waals surface area contributed by atoms with Crippen molar-refractivity contribution in [3.8, 4) is 0 Å². The van der Waals surface area contributed by atoms with Crippen molar-refractivity contribution in [2.75, 3.05) is 45.2 Å². The van der Waals surface area contributed by atoms with Crippen LogP contribution in [0.4, 0.5) is 0 Å². The van der Waals surface area contributed by atoms with Crippen LogP contribution in [-0.2, 0) is 0 Å². The topological polar surface area (TPSA) is 15.3 Å². The van der Waals surface area contributed by atoms with Crippen LogP contribution < -0.4 is 5.32 Å². The molecule has 0 saturated carbocycles.